The number of imidazole rings is 1. The van der Waals surface area contributed by atoms with Gasteiger partial charge in [0.15, 0.2) is 11.5 Å². The van der Waals surface area contributed by atoms with Gasteiger partial charge in [-0.15, -0.1) is 0 Å². The number of fused-ring (bicyclic) bond motifs is 2. The van der Waals surface area contributed by atoms with Gasteiger partial charge in [-0.05, 0) is 30.3 Å². The highest BCUT2D eigenvalue weighted by Gasteiger charge is 2.27. The Morgan fingerprint density at radius 2 is 2.12 bits per heavy atom. The van der Waals surface area contributed by atoms with Crippen molar-refractivity contribution in [1.82, 2.24) is 14.9 Å². The van der Waals surface area contributed by atoms with Gasteiger partial charge >= 0.3 is 0 Å². The second-order valence-corrected chi connectivity index (χ2v) is 5.92. The molecule has 0 radical (unpaired) electrons. The maximum atomic E-state index is 12.4. The van der Waals surface area contributed by atoms with Crippen LogP contribution >= 0.6 is 0 Å². The Morgan fingerprint density at radius 1 is 1.32 bits per heavy atom. The molecule has 0 saturated heterocycles. The molecule has 0 fully saturated rings. The van der Waals surface area contributed by atoms with Gasteiger partial charge in [0.25, 0.3) is 5.91 Å². The highest BCUT2D eigenvalue weighted by Crippen LogP contribution is 2.30. The summed E-state index contributed by atoms with van der Waals surface area (Å²) in [6.45, 7) is 0.480. The van der Waals surface area contributed by atoms with Crippen molar-refractivity contribution in [2.45, 2.75) is 12.6 Å². The number of nitrogen functional groups attached to an aromatic ring is 1. The number of nitrogens with one attached hydrogen (secondary N) is 1. The lowest BCUT2D eigenvalue weighted by molar-refractivity contribution is -0.130. The Morgan fingerprint density at radius 3 is 2.96 bits per heavy atom. The topological polar surface area (TPSA) is 91.4 Å². The van der Waals surface area contributed by atoms with Crippen molar-refractivity contribution in [3.63, 3.8) is 0 Å². The van der Waals surface area contributed by atoms with Crippen molar-refractivity contribution in [2.75, 3.05) is 12.3 Å². The summed E-state index contributed by atoms with van der Waals surface area (Å²) in [4.78, 5) is 16.9. The largest absolute Gasteiger partial charge is 0.485 e. The standard InChI is InChI=1S/C18H18N4O3/c1-22-13-7-6-11(19)8-12(13)21-17(22)9-20-18(23)16-10-24-14-4-2-3-5-15(14)25-16/h2-8,16H,9-10,19H2,1H3,(H,20,23)/t16-/m0/s1. The van der Waals surface area contributed by atoms with Crippen LogP contribution in [-0.4, -0.2) is 28.2 Å². The number of nitrogens with zero attached hydrogens (tertiary/aromatic N) is 2. The fourth-order valence-electron chi connectivity index (χ4n) is 2.85. The molecule has 3 N–H and O–H groups in total. The van der Waals surface area contributed by atoms with Crippen molar-refractivity contribution >= 4 is 22.6 Å². The number of hydrogen-bond acceptors (Lipinski definition) is 5. The SMILES string of the molecule is Cn1c(CNC(=O)[C@@H]2COc3ccccc3O2)nc2cc(N)ccc21. The van der Waals surface area contributed by atoms with Crippen LogP contribution in [0.4, 0.5) is 5.69 Å². The summed E-state index contributed by atoms with van der Waals surface area (Å²) in [7, 11) is 1.91. The number of rotatable bonds is 3. The minimum absolute atomic E-state index is 0.182. The number of aromatic nitrogens is 2. The second kappa shape index (κ2) is 6.01. The van der Waals surface area contributed by atoms with Gasteiger partial charge in [0.05, 0.1) is 17.6 Å². The van der Waals surface area contributed by atoms with Crippen LogP contribution in [0.1, 0.15) is 5.82 Å². The first-order valence-electron chi connectivity index (χ1n) is 7.99. The first-order chi connectivity index (χ1) is 12.1. The van der Waals surface area contributed by atoms with E-state index in [-0.39, 0.29) is 12.5 Å². The summed E-state index contributed by atoms with van der Waals surface area (Å²) < 4.78 is 13.2. The molecule has 4 rings (SSSR count). The van der Waals surface area contributed by atoms with Gasteiger partial charge in [-0.1, -0.05) is 12.1 Å². The Kier molecular flexibility index (Phi) is 3.68. The molecule has 1 amide bonds. The van der Waals surface area contributed by atoms with Gasteiger partial charge in [0.1, 0.15) is 12.4 Å². The van der Waals surface area contributed by atoms with E-state index in [0.29, 0.717) is 23.7 Å². The normalized spacial score (nSPS) is 16.0. The van der Waals surface area contributed by atoms with Crippen LogP contribution in [-0.2, 0) is 18.4 Å². The fraction of sp³-hybridized carbons (Fsp3) is 0.222. The Bertz CT molecular complexity index is 951. The number of ether oxygens (including phenoxy) is 2. The Balaban J connectivity index is 1.45. The van der Waals surface area contributed by atoms with Crippen molar-refractivity contribution in [3.8, 4) is 11.5 Å². The van der Waals surface area contributed by atoms with E-state index < -0.39 is 6.10 Å². The summed E-state index contributed by atoms with van der Waals surface area (Å²) >= 11 is 0. The van der Waals surface area contributed by atoms with Gasteiger partial charge in [0, 0.05) is 12.7 Å². The van der Waals surface area contributed by atoms with E-state index in [4.69, 9.17) is 15.2 Å². The minimum atomic E-state index is -0.680. The average Bonchev–Trinajstić information content (AvgIpc) is 2.94. The molecule has 0 bridgehead atoms. The molecular formula is C18H18N4O3. The maximum absolute atomic E-state index is 12.4. The molecule has 7 heteroatoms. The van der Waals surface area contributed by atoms with E-state index in [0.717, 1.165) is 16.9 Å². The second-order valence-electron chi connectivity index (χ2n) is 5.92. The van der Waals surface area contributed by atoms with Crippen molar-refractivity contribution in [3.05, 3.63) is 48.3 Å². The van der Waals surface area contributed by atoms with Crippen LogP contribution in [0.15, 0.2) is 42.5 Å². The highest BCUT2D eigenvalue weighted by molar-refractivity contribution is 5.82. The number of hydrogen-bond donors (Lipinski definition) is 2. The van der Waals surface area contributed by atoms with Crippen molar-refractivity contribution < 1.29 is 14.3 Å². The van der Waals surface area contributed by atoms with Crippen molar-refractivity contribution in [1.29, 1.82) is 0 Å². The Labute approximate surface area is 144 Å². The molecule has 1 aliphatic rings. The van der Waals surface area contributed by atoms with Crippen LogP contribution < -0.4 is 20.5 Å². The molecule has 3 aromatic rings. The molecule has 1 atom stereocenters. The maximum Gasteiger partial charge on any atom is 0.265 e. The number of anilines is 1. The smallest absolute Gasteiger partial charge is 0.265 e. The predicted molar refractivity (Wildman–Crippen MR) is 93.3 cm³/mol. The molecule has 2 heterocycles. The number of carbonyl (C=O) groups is 1. The number of para-hydroxylation sites is 2. The molecule has 2 aromatic carbocycles. The van der Waals surface area contributed by atoms with Gasteiger partial charge in [-0.25, -0.2) is 4.98 Å². The van der Waals surface area contributed by atoms with Gasteiger partial charge in [-0.3, -0.25) is 4.79 Å². The van der Waals surface area contributed by atoms with Crippen LogP contribution in [0.25, 0.3) is 11.0 Å². The van der Waals surface area contributed by atoms with E-state index in [1.807, 2.05) is 48.0 Å². The first kappa shape index (κ1) is 15.3. The molecule has 128 valence electrons. The summed E-state index contributed by atoms with van der Waals surface area (Å²) in [6, 6.07) is 12.9. The number of aryl methyl sites for hydroxylation is 1. The lowest BCUT2D eigenvalue weighted by Gasteiger charge is -2.25. The first-order valence-corrected chi connectivity index (χ1v) is 7.99. The molecule has 0 unspecified atom stereocenters. The van der Waals surface area contributed by atoms with Crippen molar-refractivity contribution in [2.24, 2.45) is 7.05 Å². The monoisotopic (exact) mass is 338 g/mol. The third-order valence-electron chi connectivity index (χ3n) is 4.22. The zero-order valence-electron chi connectivity index (χ0n) is 13.7. The fourth-order valence-corrected chi connectivity index (χ4v) is 2.85. The third-order valence-corrected chi connectivity index (χ3v) is 4.22. The highest BCUT2D eigenvalue weighted by atomic mass is 16.6. The predicted octanol–water partition coefficient (Wildman–Crippen LogP) is 1.61. The van der Waals surface area contributed by atoms with E-state index in [1.54, 1.807) is 6.07 Å². The molecule has 1 aliphatic heterocycles. The van der Waals surface area contributed by atoms with Gasteiger partial charge < -0.3 is 25.1 Å². The molecule has 0 spiro atoms. The minimum Gasteiger partial charge on any atom is -0.485 e. The number of amides is 1. The third kappa shape index (κ3) is 2.84. The van der Waals surface area contributed by atoms with Crippen LogP contribution in [0, 0.1) is 0 Å². The zero-order chi connectivity index (χ0) is 17.4. The van der Waals surface area contributed by atoms with Crippen LogP contribution in [0.5, 0.6) is 11.5 Å². The lowest BCUT2D eigenvalue weighted by atomic mass is 10.2. The quantitative estimate of drug-likeness (QED) is 0.708. The van der Waals surface area contributed by atoms with Gasteiger partial charge in [-0.2, -0.15) is 0 Å². The summed E-state index contributed by atoms with van der Waals surface area (Å²) in [5, 5.41) is 2.86. The van der Waals surface area contributed by atoms with Gasteiger partial charge in [0.2, 0.25) is 6.10 Å². The number of carbonyl (C=O) groups excluding carboxylic acids is 1. The molecular weight excluding hydrogens is 320 g/mol. The van der Waals surface area contributed by atoms with E-state index in [9.17, 15) is 4.79 Å². The summed E-state index contributed by atoms with van der Waals surface area (Å²) in [5.74, 6) is 1.73. The Hall–Kier alpha value is -3.22. The summed E-state index contributed by atoms with van der Waals surface area (Å²) in [5.41, 5.74) is 8.22. The number of nitrogens with two attached hydrogens (primary N) is 1. The molecule has 25 heavy (non-hydrogen) atoms. The van der Waals surface area contributed by atoms with Crippen LogP contribution in [0.3, 0.4) is 0 Å². The summed E-state index contributed by atoms with van der Waals surface area (Å²) in [6.07, 6.45) is -0.680. The molecule has 0 saturated carbocycles. The molecule has 0 aliphatic carbocycles. The van der Waals surface area contributed by atoms with E-state index >= 15 is 0 Å². The lowest BCUT2D eigenvalue weighted by Crippen LogP contribution is -2.43. The van der Waals surface area contributed by atoms with E-state index in [1.165, 1.54) is 0 Å². The van der Waals surface area contributed by atoms with Crippen LogP contribution in [0.2, 0.25) is 0 Å². The molecule has 1 aromatic heterocycles. The van der Waals surface area contributed by atoms with E-state index in [2.05, 4.69) is 10.3 Å². The molecule has 7 nitrogen and oxygen atoms in total. The average molecular weight is 338 g/mol. The number of benzene rings is 2. The zero-order valence-corrected chi connectivity index (χ0v) is 13.7.